The van der Waals surface area contributed by atoms with E-state index in [4.69, 9.17) is 14.0 Å². The molecule has 3 rings (SSSR count). The van der Waals surface area contributed by atoms with Crippen LogP contribution in [-0.2, 0) is 6.54 Å². The molecule has 8 heteroatoms. The Morgan fingerprint density at radius 3 is 2.37 bits per heavy atom. The first kappa shape index (κ1) is 18.4. The average Bonchev–Trinajstić information content (AvgIpc) is 3.08. The molecule has 0 fully saturated rings. The van der Waals surface area contributed by atoms with E-state index in [2.05, 4.69) is 20.4 Å². The molecule has 1 aromatic carbocycles. The largest absolute Gasteiger partial charge is 0.497 e. The predicted octanol–water partition coefficient (Wildman–Crippen LogP) is 2.70. The Labute approximate surface area is 156 Å². The first-order chi connectivity index (χ1) is 13.0. The first-order valence-corrected chi connectivity index (χ1v) is 8.27. The highest BCUT2D eigenvalue weighted by Crippen LogP contribution is 2.32. The molecule has 2 aromatic heterocycles. The summed E-state index contributed by atoms with van der Waals surface area (Å²) in [6.07, 6.45) is 3.28. The summed E-state index contributed by atoms with van der Waals surface area (Å²) in [4.78, 5) is 21.1. The van der Waals surface area contributed by atoms with Gasteiger partial charge in [-0.2, -0.15) is 0 Å². The number of amides is 1. The second-order valence-electron chi connectivity index (χ2n) is 5.91. The fourth-order valence-corrected chi connectivity index (χ4v) is 2.54. The molecular formula is C19H20N4O4. The molecule has 0 saturated carbocycles. The van der Waals surface area contributed by atoms with E-state index < -0.39 is 0 Å². The molecule has 1 amide bonds. The molecule has 27 heavy (non-hydrogen) atoms. The maximum absolute atomic E-state index is 12.7. The molecule has 0 aliphatic carbocycles. The molecule has 0 spiro atoms. The highest BCUT2D eigenvalue weighted by Gasteiger charge is 2.23. The molecule has 0 aliphatic rings. The zero-order valence-electron chi connectivity index (χ0n) is 15.6. The third kappa shape index (κ3) is 4.05. The normalized spacial score (nSPS) is 10.5. The number of aromatic nitrogens is 3. The Bertz CT molecular complexity index is 929. The van der Waals surface area contributed by atoms with Gasteiger partial charge in [-0.3, -0.25) is 14.8 Å². The molecule has 0 aliphatic heterocycles. The number of ether oxygens (including phenoxy) is 2. The van der Waals surface area contributed by atoms with Crippen LogP contribution < -0.4 is 14.8 Å². The second-order valence-corrected chi connectivity index (χ2v) is 5.91. The van der Waals surface area contributed by atoms with E-state index >= 15 is 0 Å². The Kier molecular flexibility index (Phi) is 5.35. The van der Waals surface area contributed by atoms with Gasteiger partial charge in [0.1, 0.15) is 17.1 Å². The van der Waals surface area contributed by atoms with Crippen molar-refractivity contribution in [1.82, 2.24) is 20.4 Å². The van der Waals surface area contributed by atoms with Crippen LogP contribution in [0.4, 0.5) is 0 Å². The Hall–Kier alpha value is -3.42. The van der Waals surface area contributed by atoms with Crippen molar-refractivity contribution in [2.75, 3.05) is 14.2 Å². The molecular weight excluding hydrogens is 348 g/mol. The summed E-state index contributed by atoms with van der Waals surface area (Å²) in [5, 5.41) is 6.77. The van der Waals surface area contributed by atoms with Gasteiger partial charge in [0.2, 0.25) is 0 Å². The summed E-state index contributed by atoms with van der Waals surface area (Å²) in [5.74, 6) is 1.20. The lowest BCUT2D eigenvalue weighted by Crippen LogP contribution is -2.24. The number of nitrogens with one attached hydrogen (secondary N) is 1. The van der Waals surface area contributed by atoms with Gasteiger partial charge in [0.05, 0.1) is 44.0 Å². The van der Waals surface area contributed by atoms with Crippen LogP contribution in [0.3, 0.4) is 0 Å². The van der Waals surface area contributed by atoms with Crippen LogP contribution in [0.25, 0.3) is 11.3 Å². The van der Waals surface area contributed by atoms with Crippen molar-refractivity contribution in [3.63, 3.8) is 0 Å². The summed E-state index contributed by atoms with van der Waals surface area (Å²) >= 11 is 0. The van der Waals surface area contributed by atoms with Gasteiger partial charge in [0, 0.05) is 17.8 Å². The minimum Gasteiger partial charge on any atom is -0.497 e. The number of carbonyl (C=O) groups excluding carboxylic acids is 1. The highest BCUT2D eigenvalue weighted by molar-refractivity contribution is 6.00. The van der Waals surface area contributed by atoms with Crippen LogP contribution in [-0.4, -0.2) is 35.3 Å². The van der Waals surface area contributed by atoms with Gasteiger partial charge in [-0.1, -0.05) is 5.16 Å². The van der Waals surface area contributed by atoms with E-state index in [1.165, 1.54) is 0 Å². The number of methoxy groups -OCH3 is 2. The molecule has 0 radical (unpaired) electrons. The van der Waals surface area contributed by atoms with Gasteiger partial charge in [-0.05, 0) is 26.0 Å². The van der Waals surface area contributed by atoms with E-state index in [-0.39, 0.29) is 12.5 Å². The number of hydrogen-bond acceptors (Lipinski definition) is 7. The molecule has 8 nitrogen and oxygen atoms in total. The quantitative estimate of drug-likeness (QED) is 0.714. The molecule has 3 aromatic rings. The van der Waals surface area contributed by atoms with Crippen LogP contribution in [0.5, 0.6) is 11.5 Å². The van der Waals surface area contributed by atoms with Gasteiger partial charge in [0.25, 0.3) is 5.91 Å². The predicted molar refractivity (Wildman–Crippen MR) is 97.7 cm³/mol. The van der Waals surface area contributed by atoms with Gasteiger partial charge < -0.3 is 19.3 Å². The maximum Gasteiger partial charge on any atom is 0.257 e. The summed E-state index contributed by atoms with van der Waals surface area (Å²) in [5.41, 5.74) is 2.94. The molecule has 2 heterocycles. The number of aryl methyl sites for hydroxylation is 2. The second kappa shape index (κ2) is 7.86. The summed E-state index contributed by atoms with van der Waals surface area (Å²) < 4.78 is 16.0. The van der Waals surface area contributed by atoms with E-state index in [0.717, 1.165) is 5.69 Å². The fourth-order valence-electron chi connectivity index (χ4n) is 2.54. The van der Waals surface area contributed by atoms with Crippen LogP contribution in [0.2, 0.25) is 0 Å². The molecule has 140 valence electrons. The SMILES string of the molecule is COc1cc(OC)cc(-c2onc(C)c2C(=O)NCc2cnc(C)cn2)c1. The van der Waals surface area contributed by atoms with Gasteiger partial charge >= 0.3 is 0 Å². The van der Waals surface area contributed by atoms with E-state index in [9.17, 15) is 4.79 Å². The van der Waals surface area contributed by atoms with Crippen LogP contribution in [0, 0.1) is 13.8 Å². The Morgan fingerprint density at radius 2 is 1.78 bits per heavy atom. The smallest absolute Gasteiger partial charge is 0.257 e. The number of rotatable bonds is 6. The number of nitrogens with zero attached hydrogens (tertiary/aromatic N) is 3. The lowest BCUT2D eigenvalue weighted by atomic mass is 10.1. The molecule has 0 unspecified atom stereocenters. The van der Waals surface area contributed by atoms with Gasteiger partial charge in [0.15, 0.2) is 5.76 Å². The molecule has 0 bridgehead atoms. The Morgan fingerprint density at radius 1 is 1.07 bits per heavy atom. The lowest BCUT2D eigenvalue weighted by Gasteiger charge is -2.08. The van der Waals surface area contributed by atoms with Crippen molar-refractivity contribution >= 4 is 5.91 Å². The zero-order chi connectivity index (χ0) is 19.4. The number of hydrogen-bond donors (Lipinski definition) is 1. The number of benzene rings is 1. The minimum absolute atomic E-state index is 0.248. The molecule has 0 saturated heterocycles. The standard InChI is InChI=1S/C19H20N4O4/c1-11-8-21-14(9-20-11)10-22-19(24)17-12(2)23-27-18(17)13-5-15(25-3)7-16(6-13)26-4/h5-9H,10H2,1-4H3,(H,22,24). The maximum atomic E-state index is 12.7. The third-order valence-corrected chi connectivity index (χ3v) is 3.97. The fraction of sp³-hybridized carbons (Fsp3) is 0.263. The van der Waals surface area contributed by atoms with E-state index in [1.807, 2.05) is 6.92 Å². The van der Waals surface area contributed by atoms with Crippen molar-refractivity contribution in [3.8, 4) is 22.8 Å². The summed E-state index contributed by atoms with van der Waals surface area (Å²) in [6, 6.07) is 5.25. The average molecular weight is 368 g/mol. The monoisotopic (exact) mass is 368 g/mol. The minimum atomic E-state index is -0.312. The van der Waals surface area contributed by atoms with Crippen molar-refractivity contribution < 1.29 is 18.8 Å². The van der Waals surface area contributed by atoms with E-state index in [1.54, 1.807) is 51.7 Å². The van der Waals surface area contributed by atoms with Crippen LogP contribution in [0.1, 0.15) is 27.4 Å². The van der Waals surface area contributed by atoms with Gasteiger partial charge in [-0.15, -0.1) is 0 Å². The van der Waals surface area contributed by atoms with Crippen LogP contribution >= 0.6 is 0 Å². The van der Waals surface area contributed by atoms with E-state index in [0.29, 0.717) is 39.8 Å². The molecule has 1 N–H and O–H groups in total. The number of carbonyl (C=O) groups is 1. The van der Waals surface area contributed by atoms with Crippen molar-refractivity contribution in [2.45, 2.75) is 20.4 Å². The van der Waals surface area contributed by atoms with Crippen LogP contribution in [0.15, 0.2) is 35.1 Å². The summed E-state index contributed by atoms with van der Waals surface area (Å²) in [7, 11) is 3.11. The summed E-state index contributed by atoms with van der Waals surface area (Å²) in [6.45, 7) is 3.81. The lowest BCUT2D eigenvalue weighted by molar-refractivity contribution is 0.0950. The Balaban J connectivity index is 1.88. The third-order valence-electron chi connectivity index (χ3n) is 3.97. The van der Waals surface area contributed by atoms with Gasteiger partial charge in [-0.25, -0.2) is 0 Å². The van der Waals surface area contributed by atoms with Crippen molar-refractivity contribution in [3.05, 3.63) is 53.2 Å². The topological polar surface area (TPSA) is 99.4 Å². The molecule has 0 atom stereocenters. The van der Waals surface area contributed by atoms with Crippen molar-refractivity contribution in [2.24, 2.45) is 0 Å². The van der Waals surface area contributed by atoms with Crippen molar-refractivity contribution in [1.29, 1.82) is 0 Å². The highest BCUT2D eigenvalue weighted by atomic mass is 16.5. The zero-order valence-corrected chi connectivity index (χ0v) is 15.6. The first-order valence-electron chi connectivity index (χ1n) is 8.27.